The van der Waals surface area contributed by atoms with E-state index < -0.39 is 11.8 Å². The summed E-state index contributed by atoms with van der Waals surface area (Å²) < 4.78 is 19.3. The molecule has 3 nitrogen and oxygen atoms in total. The Morgan fingerprint density at radius 2 is 1.89 bits per heavy atom. The van der Waals surface area contributed by atoms with Gasteiger partial charge >= 0.3 is 5.97 Å². The van der Waals surface area contributed by atoms with E-state index in [0.717, 1.165) is 0 Å². The normalized spacial score (nSPS) is 10.1. The predicted molar refractivity (Wildman–Crippen MR) is 67.6 cm³/mol. The van der Waals surface area contributed by atoms with Gasteiger partial charge in [0.2, 0.25) is 0 Å². The first-order chi connectivity index (χ1) is 8.58. The molecule has 0 fully saturated rings. The number of carbonyl (C=O) groups is 1. The van der Waals surface area contributed by atoms with Gasteiger partial charge in [0.05, 0.1) is 0 Å². The van der Waals surface area contributed by atoms with Crippen molar-refractivity contribution in [2.45, 2.75) is 0 Å². The molecule has 0 heterocycles. The summed E-state index contributed by atoms with van der Waals surface area (Å²) >= 11 is 3.17. The standard InChI is InChI=1S/C13H8BrFO3/c14-8-5-6-11(9(7-8)13(16)17)18-12-4-2-1-3-10(12)15/h1-7H,(H,16,17). The fourth-order valence-electron chi connectivity index (χ4n) is 1.40. The van der Waals surface area contributed by atoms with E-state index in [2.05, 4.69) is 15.9 Å². The van der Waals surface area contributed by atoms with Crippen molar-refractivity contribution < 1.29 is 19.0 Å². The van der Waals surface area contributed by atoms with E-state index in [9.17, 15) is 9.18 Å². The fourth-order valence-corrected chi connectivity index (χ4v) is 1.77. The van der Waals surface area contributed by atoms with E-state index in [1.54, 1.807) is 12.1 Å². The summed E-state index contributed by atoms with van der Waals surface area (Å²) in [6.07, 6.45) is 0. The van der Waals surface area contributed by atoms with Gasteiger partial charge in [-0.15, -0.1) is 0 Å². The number of ether oxygens (including phenoxy) is 1. The van der Waals surface area contributed by atoms with Crippen LogP contribution in [0.1, 0.15) is 10.4 Å². The van der Waals surface area contributed by atoms with Crippen LogP contribution >= 0.6 is 15.9 Å². The Bertz CT molecular complexity index is 599. The molecule has 0 radical (unpaired) electrons. The topological polar surface area (TPSA) is 46.5 Å². The number of para-hydroxylation sites is 1. The molecule has 0 aliphatic rings. The average molecular weight is 311 g/mol. The van der Waals surface area contributed by atoms with Crippen molar-refractivity contribution >= 4 is 21.9 Å². The minimum atomic E-state index is -1.14. The maximum Gasteiger partial charge on any atom is 0.339 e. The van der Waals surface area contributed by atoms with Crippen molar-refractivity contribution in [2.24, 2.45) is 0 Å². The molecule has 2 aromatic rings. The lowest BCUT2D eigenvalue weighted by Crippen LogP contribution is -2.00. The van der Waals surface area contributed by atoms with E-state index in [-0.39, 0.29) is 17.1 Å². The number of rotatable bonds is 3. The molecule has 2 aromatic carbocycles. The van der Waals surface area contributed by atoms with E-state index in [4.69, 9.17) is 9.84 Å². The van der Waals surface area contributed by atoms with Crippen LogP contribution in [-0.4, -0.2) is 11.1 Å². The summed E-state index contributed by atoms with van der Waals surface area (Å²) in [6.45, 7) is 0. The molecular weight excluding hydrogens is 303 g/mol. The van der Waals surface area contributed by atoms with Gasteiger partial charge in [0.1, 0.15) is 11.3 Å². The van der Waals surface area contributed by atoms with Crippen molar-refractivity contribution in [1.29, 1.82) is 0 Å². The Kier molecular flexibility index (Phi) is 3.62. The summed E-state index contributed by atoms with van der Waals surface area (Å²) in [6, 6.07) is 10.3. The molecule has 0 spiro atoms. The van der Waals surface area contributed by atoms with Gasteiger partial charge in [-0.3, -0.25) is 0 Å². The first kappa shape index (κ1) is 12.6. The zero-order valence-electron chi connectivity index (χ0n) is 9.06. The first-order valence-corrected chi connectivity index (χ1v) is 5.82. The first-order valence-electron chi connectivity index (χ1n) is 5.03. The molecule has 0 aliphatic heterocycles. The van der Waals surface area contributed by atoms with Crippen molar-refractivity contribution in [3.05, 3.63) is 58.3 Å². The molecule has 0 aromatic heterocycles. The smallest absolute Gasteiger partial charge is 0.339 e. The van der Waals surface area contributed by atoms with Crippen LogP contribution in [-0.2, 0) is 0 Å². The Morgan fingerprint density at radius 1 is 1.17 bits per heavy atom. The van der Waals surface area contributed by atoms with Gasteiger partial charge in [-0.05, 0) is 30.3 Å². The minimum Gasteiger partial charge on any atom is -0.478 e. The molecule has 18 heavy (non-hydrogen) atoms. The van der Waals surface area contributed by atoms with Crippen molar-refractivity contribution in [1.82, 2.24) is 0 Å². The molecule has 0 atom stereocenters. The number of carboxylic acid groups (broad SMARTS) is 1. The molecule has 0 bridgehead atoms. The fraction of sp³-hybridized carbons (Fsp3) is 0. The highest BCUT2D eigenvalue weighted by molar-refractivity contribution is 9.10. The Balaban J connectivity index is 2.41. The second kappa shape index (κ2) is 5.18. The zero-order valence-corrected chi connectivity index (χ0v) is 10.6. The Morgan fingerprint density at radius 3 is 2.56 bits per heavy atom. The van der Waals surface area contributed by atoms with Crippen LogP contribution in [0.4, 0.5) is 4.39 Å². The monoisotopic (exact) mass is 310 g/mol. The number of benzene rings is 2. The molecule has 92 valence electrons. The molecule has 0 amide bonds. The van der Waals surface area contributed by atoms with Gasteiger partial charge < -0.3 is 9.84 Å². The molecule has 0 saturated carbocycles. The molecule has 0 unspecified atom stereocenters. The van der Waals surface area contributed by atoms with Gasteiger partial charge in [-0.25, -0.2) is 9.18 Å². The van der Waals surface area contributed by atoms with Crippen LogP contribution in [0, 0.1) is 5.82 Å². The summed E-state index contributed by atoms with van der Waals surface area (Å²) in [5, 5.41) is 9.04. The highest BCUT2D eigenvalue weighted by Gasteiger charge is 2.14. The van der Waals surface area contributed by atoms with Crippen molar-refractivity contribution in [2.75, 3.05) is 0 Å². The van der Waals surface area contributed by atoms with E-state index in [1.807, 2.05) is 0 Å². The minimum absolute atomic E-state index is 0.0117. The van der Waals surface area contributed by atoms with Crippen LogP contribution in [0.2, 0.25) is 0 Å². The second-order valence-electron chi connectivity index (χ2n) is 3.48. The SMILES string of the molecule is O=C(O)c1cc(Br)ccc1Oc1ccccc1F. The summed E-state index contributed by atoms with van der Waals surface area (Å²) in [4.78, 5) is 11.1. The second-order valence-corrected chi connectivity index (χ2v) is 4.39. The van der Waals surface area contributed by atoms with Gasteiger partial charge in [-0.1, -0.05) is 28.1 Å². The van der Waals surface area contributed by atoms with Crippen LogP contribution in [0.25, 0.3) is 0 Å². The van der Waals surface area contributed by atoms with Gasteiger partial charge in [0, 0.05) is 4.47 Å². The molecule has 1 N–H and O–H groups in total. The molecule has 5 heteroatoms. The summed E-state index contributed by atoms with van der Waals surface area (Å²) in [7, 11) is 0. The Hall–Kier alpha value is -1.88. The van der Waals surface area contributed by atoms with Crippen molar-refractivity contribution in [3.63, 3.8) is 0 Å². The summed E-state index contributed by atoms with van der Waals surface area (Å²) in [5.74, 6) is -1.60. The van der Waals surface area contributed by atoms with Crippen molar-refractivity contribution in [3.8, 4) is 11.5 Å². The van der Waals surface area contributed by atoms with Gasteiger partial charge in [0.15, 0.2) is 11.6 Å². The molecular formula is C13H8BrFO3. The average Bonchev–Trinajstić information content (AvgIpc) is 2.34. The molecule has 0 aliphatic carbocycles. The maximum atomic E-state index is 13.4. The largest absolute Gasteiger partial charge is 0.478 e. The Labute approximate surface area is 111 Å². The van der Waals surface area contributed by atoms with Crippen LogP contribution in [0.3, 0.4) is 0 Å². The number of aromatic carboxylic acids is 1. The quantitative estimate of drug-likeness (QED) is 0.929. The van der Waals surface area contributed by atoms with E-state index >= 15 is 0 Å². The van der Waals surface area contributed by atoms with E-state index in [1.165, 1.54) is 30.3 Å². The number of carboxylic acids is 1. The highest BCUT2D eigenvalue weighted by Crippen LogP contribution is 2.29. The molecule has 2 rings (SSSR count). The summed E-state index contributed by atoms with van der Waals surface area (Å²) in [5.41, 5.74) is -0.0346. The lowest BCUT2D eigenvalue weighted by Gasteiger charge is -2.09. The zero-order chi connectivity index (χ0) is 13.1. The lowest BCUT2D eigenvalue weighted by atomic mass is 10.2. The van der Waals surface area contributed by atoms with Crippen LogP contribution < -0.4 is 4.74 Å². The third-order valence-electron chi connectivity index (χ3n) is 2.23. The van der Waals surface area contributed by atoms with Gasteiger partial charge in [-0.2, -0.15) is 0 Å². The predicted octanol–water partition coefficient (Wildman–Crippen LogP) is 4.08. The molecule has 0 saturated heterocycles. The van der Waals surface area contributed by atoms with Crippen LogP contribution in [0.5, 0.6) is 11.5 Å². The third kappa shape index (κ3) is 2.68. The number of hydrogen-bond acceptors (Lipinski definition) is 2. The highest BCUT2D eigenvalue weighted by atomic mass is 79.9. The maximum absolute atomic E-state index is 13.4. The number of halogens is 2. The van der Waals surface area contributed by atoms with Gasteiger partial charge in [0.25, 0.3) is 0 Å². The number of hydrogen-bond donors (Lipinski definition) is 1. The lowest BCUT2D eigenvalue weighted by molar-refractivity contribution is 0.0694. The third-order valence-corrected chi connectivity index (χ3v) is 2.72. The van der Waals surface area contributed by atoms with Crippen LogP contribution in [0.15, 0.2) is 46.9 Å². The van der Waals surface area contributed by atoms with E-state index in [0.29, 0.717) is 4.47 Å².